The van der Waals surface area contributed by atoms with Gasteiger partial charge < -0.3 is 10.0 Å². The van der Waals surface area contributed by atoms with E-state index in [1.54, 1.807) is 0 Å². The molecule has 1 aliphatic rings. The standard InChI is InChI=1S/C10H12BrN.CH4O/c11-9-3-5-10(6-4-9)12-7-1-2-8-12;1-2/h3-6H,1-2,7-8H2;2H,1H3. The van der Waals surface area contributed by atoms with Gasteiger partial charge in [-0.15, -0.1) is 0 Å². The monoisotopic (exact) mass is 257 g/mol. The van der Waals surface area contributed by atoms with Crippen molar-refractivity contribution in [3.05, 3.63) is 28.7 Å². The van der Waals surface area contributed by atoms with Crippen LogP contribution in [0.15, 0.2) is 28.7 Å². The Morgan fingerprint density at radius 2 is 1.57 bits per heavy atom. The zero-order chi connectivity index (χ0) is 10.4. The van der Waals surface area contributed by atoms with E-state index in [4.69, 9.17) is 5.11 Å². The molecule has 0 spiro atoms. The zero-order valence-corrected chi connectivity index (χ0v) is 10.00. The summed E-state index contributed by atoms with van der Waals surface area (Å²) in [7, 11) is 1.00. The van der Waals surface area contributed by atoms with Gasteiger partial charge in [0.15, 0.2) is 0 Å². The highest BCUT2D eigenvalue weighted by atomic mass is 79.9. The lowest BCUT2D eigenvalue weighted by molar-refractivity contribution is 0.399. The molecule has 0 saturated carbocycles. The van der Waals surface area contributed by atoms with Crippen molar-refractivity contribution in [2.45, 2.75) is 12.8 Å². The Morgan fingerprint density at radius 3 is 2.07 bits per heavy atom. The topological polar surface area (TPSA) is 23.5 Å². The first-order chi connectivity index (χ1) is 6.86. The minimum Gasteiger partial charge on any atom is -0.400 e. The zero-order valence-electron chi connectivity index (χ0n) is 8.41. The predicted molar refractivity (Wildman–Crippen MR) is 63.7 cm³/mol. The number of anilines is 1. The molecule has 2 nitrogen and oxygen atoms in total. The summed E-state index contributed by atoms with van der Waals surface area (Å²) in [6.07, 6.45) is 2.69. The molecule has 0 aliphatic carbocycles. The van der Waals surface area contributed by atoms with E-state index in [9.17, 15) is 0 Å². The van der Waals surface area contributed by atoms with Gasteiger partial charge in [0, 0.05) is 30.4 Å². The van der Waals surface area contributed by atoms with Crippen LogP contribution in [0.3, 0.4) is 0 Å². The molecule has 1 aliphatic heterocycles. The second-order valence-electron chi connectivity index (χ2n) is 3.17. The molecule has 0 bridgehead atoms. The summed E-state index contributed by atoms with van der Waals surface area (Å²) >= 11 is 3.44. The molecular weight excluding hydrogens is 242 g/mol. The number of benzene rings is 1. The van der Waals surface area contributed by atoms with Gasteiger partial charge in [0.2, 0.25) is 0 Å². The van der Waals surface area contributed by atoms with E-state index in [0.29, 0.717) is 0 Å². The molecule has 2 rings (SSSR count). The third-order valence-corrected chi connectivity index (χ3v) is 2.83. The first-order valence-corrected chi connectivity index (χ1v) is 5.61. The van der Waals surface area contributed by atoms with Gasteiger partial charge in [-0.25, -0.2) is 0 Å². The summed E-state index contributed by atoms with van der Waals surface area (Å²) in [6.45, 7) is 2.45. The van der Waals surface area contributed by atoms with Crippen molar-refractivity contribution in [3.8, 4) is 0 Å². The van der Waals surface area contributed by atoms with Crippen LogP contribution in [0.5, 0.6) is 0 Å². The van der Waals surface area contributed by atoms with Crippen molar-refractivity contribution in [1.29, 1.82) is 0 Å². The second kappa shape index (κ2) is 6.04. The van der Waals surface area contributed by atoms with E-state index >= 15 is 0 Å². The molecule has 1 N–H and O–H groups in total. The molecule has 1 aromatic carbocycles. The summed E-state index contributed by atoms with van der Waals surface area (Å²) in [5, 5.41) is 7.00. The number of aliphatic hydroxyl groups is 1. The normalized spacial score (nSPS) is 14.9. The van der Waals surface area contributed by atoms with Crippen molar-refractivity contribution in [2.75, 3.05) is 25.1 Å². The largest absolute Gasteiger partial charge is 0.400 e. The van der Waals surface area contributed by atoms with Crippen molar-refractivity contribution >= 4 is 21.6 Å². The highest BCUT2D eigenvalue weighted by molar-refractivity contribution is 9.10. The van der Waals surface area contributed by atoms with Gasteiger partial charge in [-0.1, -0.05) is 15.9 Å². The lowest BCUT2D eigenvalue weighted by Crippen LogP contribution is -2.17. The van der Waals surface area contributed by atoms with E-state index in [1.807, 2.05) is 0 Å². The maximum atomic E-state index is 7.00. The lowest BCUT2D eigenvalue weighted by atomic mass is 10.3. The molecule has 0 amide bonds. The molecule has 0 atom stereocenters. The minimum atomic E-state index is 1.00. The average Bonchev–Trinajstić information content (AvgIpc) is 2.75. The smallest absolute Gasteiger partial charge is 0.0366 e. The Hall–Kier alpha value is -0.540. The highest BCUT2D eigenvalue weighted by Crippen LogP contribution is 2.21. The van der Waals surface area contributed by atoms with E-state index in [-0.39, 0.29) is 0 Å². The number of aliphatic hydroxyl groups excluding tert-OH is 1. The first-order valence-electron chi connectivity index (χ1n) is 4.81. The van der Waals surface area contributed by atoms with Gasteiger partial charge in [-0.05, 0) is 37.1 Å². The van der Waals surface area contributed by atoms with Crippen LogP contribution in [0.2, 0.25) is 0 Å². The Morgan fingerprint density at radius 1 is 1.07 bits per heavy atom. The van der Waals surface area contributed by atoms with Crippen LogP contribution in [0.4, 0.5) is 5.69 Å². The summed E-state index contributed by atoms with van der Waals surface area (Å²) in [5.74, 6) is 0. The molecule has 0 aromatic heterocycles. The summed E-state index contributed by atoms with van der Waals surface area (Å²) in [6, 6.07) is 8.56. The molecule has 0 unspecified atom stereocenters. The molecule has 3 heteroatoms. The number of rotatable bonds is 1. The third-order valence-electron chi connectivity index (χ3n) is 2.30. The fourth-order valence-electron chi connectivity index (χ4n) is 1.63. The maximum absolute atomic E-state index is 7.00. The number of nitrogens with zero attached hydrogens (tertiary/aromatic N) is 1. The molecule has 78 valence electrons. The fraction of sp³-hybridized carbons (Fsp3) is 0.455. The van der Waals surface area contributed by atoms with Crippen LogP contribution in [0.25, 0.3) is 0 Å². The van der Waals surface area contributed by atoms with E-state index in [2.05, 4.69) is 45.1 Å². The van der Waals surface area contributed by atoms with Crippen LogP contribution in [-0.4, -0.2) is 25.3 Å². The molecule has 1 fully saturated rings. The molecule has 0 radical (unpaired) electrons. The second-order valence-corrected chi connectivity index (χ2v) is 4.09. The third kappa shape index (κ3) is 3.00. The summed E-state index contributed by atoms with van der Waals surface area (Å²) in [4.78, 5) is 2.44. The van der Waals surface area contributed by atoms with Gasteiger partial charge in [0.25, 0.3) is 0 Å². The quantitative estimate of drug-likeness (QED) is 0.837. The van der Waals surface area contributed by atoms with Crippen LogP contribution in [-0.2, 0) is 0 Å². The molecule has 14 heavy (non-hydrogen) atoms. The van der Waals surface area contributed by atoms with Crippen molar-refractivity contribution < 1.29 is 5.11 Å². The Bertz CT molecular complexity index is 254. The number of hydrogen-bond donors (Lipinski definition) is 1. The SMILES string of the molecule is Brc1ccc(N2CCCC2)cc1.CO. The molecular formula is C11H16BrNO. The maximum Gasteiger partial charge on any atom is 0.0366 e. The molecule has 1 aromatic rings. The Kier molecular flexibility index (Phi) is 4.98. The average molecular weight is 258 g/mol. The van der Waals surface area contributed by atoms with Gasteiger partial charge in [0.05, 0.1) is 0 Å². The number of hydrogen-bond acceptors (Lipinski definition) is 2. The predicted octanol–water partition coefficient (Wildman–Crippen LogP) is 2.66. The van der Waals surface area contributed by atoms with Gasteiger partial charge in [-0.3, -0.25) is 0 Å². The lowest BCUT2D eigenvalue weighted by Gasteiger charge is -2.16. The first kappa shape index (κ1) is 11.5. The van der Waals surface area contributed by atoms with Crippen molar-refractivity contribution in [3.63, 3.8) is 0 Å². The minimum absolute atomic E-state index is 1.00. The van der Waals surface area contributed by atoms with Crippen LogP contribution in [0, 0.1) is 0 Å². The Balaban J connectivity index is 0.000000461. The van der Waals surface area contributed by atoms with Crippen LogP contribution >= 0.6 is 15.9 Å². The van der Waals surface area contributed by atoms with Crippen molar-refractivity contribution in [2.24, 2.45) is 0 Å². The Labute approximate surface area is 93.7 Å². The molecule has 1 heterocycles. The van der Waals surface area contributed by atoms with Gasteiger partial charge in [0.1, 0.15) is 0 Å². The van der Waals surface area contributed by atoms with E-state index in [1.165, 1.54) is 31.6 Å². The summed E-state index contributed by atoms with van der Waals surface area (Å²) < 4.78 is 1.16. The summed E-state index contributed by atoms with van der Waals surface area (Å²) in [5.41, 5.74) is 1.36. The molecule has 1 saturated heterocycles. The van der Waals surface area contributed by atoms with Gasteiger partial charge >= 0.3 is 0 Å². The van der Waals surface area contributed by atoms with Gasteiger partial charge in [-0.2, -0.15) is 0 Å². The van der Waals surface area contributed by atoms with Crippen molar-refractivity contribution in [1.82, 2.24) is 0 Å². The highest BCUT2D eigenvalue weighted by Gasteiger charge is 2.11. The van der Waals surface area contributed by atoms with E-state index < -0.39 is 0 Å². The van der Waals surface area contributed by atoms with Crippen LogP contribution in [0.1, 0.15) is 12.8 Å². The fourth-order valence-corrected chi connectivity index (χ4v) is 1.89. The number of halogens is 1. The van der Waals surface area contributed by atoms with Crippen LogP contribution < -0.4 is 4.90 Å². The van der Waals surface area contributed by atoms with E-state index in [0.717, 1.165) is 11.6 Å².